The van der Waals surface area contributed by atoms with Crippen LogP contribution in [0.5, 0.6) is 0 Å². The second-order valence-electron chi connectivity index (χ2n) is 12.2. The number of hydrogen-bond acceptors (Lipinski definition) is 1. The Bertz CT molecular complexity index is 1630. The number of fused-ring (bicyclic) bond motifs is 1. The van der Waals surface area contributed by atoms with Crippen molar-refractivity contribution >= 4 is 52.3 Å². The van der Waals surface area contributed by atoms with Crippen LogP contribution in [0.25, 0.3) is 0 Å². The van der Waals surface area contributed by atoms with E-state index in [1.54, 1.807) is 0 Å². The topological polar surface area (TPSA) is 20.3 Å². The van der Waals surface area contributed by atoms with Crippen molar-refractivity contribution in [3.63, 3.8) is 0 Å². The molecular formula is C40H40Cl2NOP. The van der Waals surface area contributed by atoms with Crippen molar-refractivity contribution in [2.75, 3.05) is 13.2 Å². The molecule has 2 atom stereocenters. The molecule has 1 amide bonds. The van der Waals surface area contributed by atoms with Crippen LogP contribution in [0.2, 0.25) is 10.0 Å². The first-order valence-electron chi connectivity index (χ1n) is 15.9. The van der Waals surface area contributed by atoms with Crippen molar-refractivity contribution < 1.29 is 4.79 Å². The number of hydrogen-bond donors (Lipinski definition) is 0. The molecule has 0 bridgehead atoms. The number of nitrogens with zero attached hydrogens (tertiary/aromatic N) is 1. The van der Waals surface area contributed by atoms with Crippen LogP contribution in [-0.2, 0) is 4.79 Å². The van der Waals surface area contributed by atoms with Crippen LogP contribution >= 0.6 is 30.5 Å². The first-order valence-corrected chi connectivity index (χ1v) is 18.9. The number of amides is 1. The second kappa shape index (κ2) is 14.3. The quantitative estimate of drug-likeness (QED) is 0.109. The molecule has 5 heteroatoms. The van der Waals surface area contributed by atoms with Crippen molar-refractivity contribution in [2.45, 2.75) is 44.1 Å². The zero-order valence-electron chi connectivity index (χ0n) is 25.7. The summed E-state index contributed by atoms with van der Waals surface area (Å²) in [5.41, 5.74) is 3.68. The van der Waals surface area contributed by atoms with Gasteiger partial charge in [0.2, 0.25) is 0 Å². The molecule has 0 saturated carbocycles. The Morgan fingerprint density at radius 3 is 1.76 bits per heavy atom. The van der Waals surface area contributed by atoms with E-state index in [2.05, 4.69) is 121 Å². The molecule has 0 unspecified atom stereocenters. The maximum absolute atomic E-state index is 13.7. The van der Waals surface area contributed by atoms with Crippen LogP contribution in [-0.4, -0.2) is 24.0 Å². The van der Waals surface area contributed by atoms with E-state index in [0.717, 1.165) is 31.8 Å². The van der Waals surface area contributed by atoms with Gasteiger partial charge in [-0.15, -0.1) is 0 Å². The molecule has 0 N–H and O–H groups in total. The predicted molar refractivity (Wildman–Crippen MR) is 195 cm³/mol. The van der Waals surface area contributed by atoms with Gasteiger partial charge in [-0.25, -0.2) is 0 Å². The van der Waals surface area contributed by atoms with E-state index >= 15 is 0 Å². The molecule has 5 aromatic rings. The minimum atomic E-state index is -2.29. The SMILES string of the molecule is CN(C(=O)CCCC[PH](c1ccccc1)(c1ccccc1)c1ccccc1)[C@H]1CC[C@@H](c2ccc(Cl)c(Cl)c2)c2ccccc21. The molecule has 0 saturated heterocycles. The van der Waals surface area contributed by atoms with E-state index in [1.165, 1.54) is 32.6 Å². The van der Waals surface area contributed by atoms with E-state index in [4.69, 9.17) is 23.2 Å². The monoisotopic (exact) mass is 651 g/mol. The first-order chi connectivity index (χ1) is 22.0. The summed E-state index contributed by atoms with van der Waals surface area (Å²) in [6.45, 7) is 0. The van der Waals surface area contributed by atoms with Gasteiger partial charge in [0.05, 0.1) is 10.0 Å². The molecule has 45 heavy (non-hydrogen) atoms. The van der Waals surface area contributed by atoms with Gasteiger partial charge in [0.1, 0.15) is 0 Å². The van der Waals surface area contributed by atoms with Gasteiger partial charge in [0.25, 0.3) is 0 Å². The summed E-state index contributed by atoms with van der Waals surface area (Å²) in [6.07, 6.45) is 5.33. The summed E-state index contributed by atoms with van der Waals surface area (Å²) in [6, 6.07) is 47.7. The van der Waals surface area contributed by atoms with Crippen LogP contribution in [0.3, 0.4) is 0 Å². The molecule has 0 heterocycles. The molecule has 0 aromatic heterocycles. The van der Waals surface area contributed by atoms with E-state index < -0.39 is 7.26 Å². The summed E-state index contributed by atoms with van der Waals surface area (Å²) in [5, 5.41) is 5.41. The Hall–Kier alpha value is -3.42. The third-order valence-corrected chi connectivity index (χ3v) is 15.5. The van der Waals surface area contributed by atoms with Crippen LogP contribution in [0.15, 0.2) is 133 Å². The Balaban J connectivity index is 1.18. The zero-order chi connectivity index (χ0) is 31.2. The first kappa shape index (κ1) is 31.6. The van der Waals surface area contributed by atoms with E-state index in [-0.39, 0.29) is 17.9 Å². The van der Waals surface area contributed by atoms with Crippen molar-refractivity contribution in [3.05, 3.63) is 160 Å². The Morgan fingerprint density at radius 2 is 1.20 bits per heavy atom. The van der Waals surface area contributed by atoms with Gasteiger partial charge in [-0.1, -0.05) is 23.2 Å². The van der Waals surface area contributed by atoms with Crippen LogP contribution in [0.1, 0.15) is 60.8 Å². The number of carbonyl (C=O) groups is 1. The zero-order valence-corrected chi connectivity index (χ0v) is 28.2. The third kappa shape index (κ3) is 6.61. The standard InChI is InChI=1S/C40H40Cl2NOP/c1-43(39-27-25-34(35-21-11-12-22-36(35)39)30-24-26-37(41)38(42)29-30)40(44)23-13-14-28-45(31-15-5-2-6-16-31,32-17-7-3-8-18-32)33-19-9-4-10-20-33/h2-12,15-22,24,26,29,34,39,45H,13-14,23,25,27-28H2,1H3/t34-,39-/m0/s1. The number of rotatable bonds is 10. The van der Waals surface area contributed by atoms with E-state index in [9.17, 15) is 4.79 Å². The normalized spacial score (nSPS) is 16.5. The Labute approximate surface area is 278 Å². The molecule has 6 rings (SSSR count). The van der Waals surface area contributed by atoms with Crippen LogP contribution in [0.4, 0.5) is 0 Å². The fraction of sp³-hybridized carbons (Fsp3) is 0.225. The van der Waals surface area contributed by atoms with E-state index in [1.807, 2.05) is 24.1 Å². The van der Waals surface area contributed by atoms with Crippen molar-refractivity contribution in [3.8, 4) is 0 Å². The van der Waals surface area contributed by atoms with Gasteiger partial charge in [-0.2, -0.15) is 0 Å². The fourth-order valence-electron chi connectivity index (χ4n) is 7.36. The van der Waals surface area contributed by atoms with Gasteiger partial charge in [-0.3, -0.25) is 0 Å². The molecule has 1 aliphatic carbocycles. The Kier molecular flexibility index (Phi) is 10.1. The molecule has 0 radical (unpaired) electrons. The number of benzene rings is 5. The predicted octanol–water partition coefficient (Wildman–Crippen LogP) is 9.32. The van der Waals surface area contributed by atoms with Gasteiger partial charge >= 0.3 is 240 Å². The van der Waals surface area contributed by atoms with Crippen molar-refractivity contribution in [1.29, 1.82) is 0 Å². The minimum absolute atomic E-state index is 0.0687. The van der Waals surface area contributed by atoms with Crippen LogP contribution < -0.4 is 15.9 Å². The molecule has 0 aliphatic heterocycles. The fourth-order valence-corrected chi connectivity index (χ4v) is 12.6. The molecule has 230 valence electrons. The average Bonchev–Trinajstić information content (AvgIpc) is 3.10. The average molecular weight is 653 g/mol. The van der Waals surface area contributed by atoms with E-state index in [0.29, 0.717) is 16.5 Å². The molecule has 1 aliphatic rings. The molecule has 0 spiro atoms. The molecular weight excluding hydrogens is 612 g/mol. The number of carbonyl (C=O) groups excluding carboxylic acids is 1. The summed E-state index contributed by atoms with van der Waals surface area (Å²) < 4.78 is 0. The Morgan fingerprint density at radius 1 is 0.667 bits per heavy atom. The maximum atomic E-state index is 13.7. The summed E-state index contributed by atoms with van der Waals surface area (Å²) >= 11 is 12.6. The van der Waals surface area contributed by atoms with Crippen molar-refractivity contribution in [2.24, 2.45) is 0 Å². The summed E-state index contributed by atoms with van der Waals surface area (Å²) in [4.78, 5) is 15.7. The third-order valence-electron chi connectivity index (χ3n) is 9.66. The van der Waals surface area contributed by atoms with Gasteiger partial charge in [0.15, 0.2) is 0 Å². The second-order valence-corrected chi connectivity index (χ2v) is 17.0. The number of unbranched alkanes of at least 4 members (excludes halogenated alkanes) is 1. The molecule has 5 aromatic carbocycles. The van der Waals surface area contributed by atoms with Gasteiger partial charge < -0.3 is 0 Å². The van der Waals surface area contributed by atoms with Crippen LogP contribution in [0, 0.1) is 0 Å². The van der Waals surface area contributed by atoms with Crippen molar-refractivity contribution in [1.82, 2.24) is 4.90 Å². The molecule has 0 fully saturated rings. The van der Waals surface area contributed by atoms with Gasteiger partial charge in [0, 0.05) is 0 Å². The molecule has 2 nitrogen and oxygen atoms in total. The summed E-state index contributed by atoms with van der Waals surface area (Å²) in [7, 11) is -0.307. The number of halogens is 2. The van der Waals surface area contributed by atoms with Gasteiger partial charge in [-0.05, 0) is 6.07 Å². The summed E-state index contributed by atoms with van der Waals surface area (Å²) in [5.74, 6) is 0.456.